The molecule has 0 aromatic heterocycles. The SMILES string of the molecule is CCN(CC)c1ccc(N=Cc2cccc(OCC(=O)Nc3ccc(C)c(C)c3)c2)cc1. The number of nitrogens with zero attached hydrogens (tertiary/aromatic N) is 2. The highest BCUT2D eigenvalue weighted by atomic mass is 16.5. The third kappa shape index (κ3) is 6.45. The minimum absolute atomic E-state index is 0.0552. The van der Waals surface area contributed by atoms with Gasteiger partial charge in [0.2, 0.25) is 0 Å². The van der Waals surface area contributed by atoms with Crippen LogP contribution in [0.15, 0.2) is 71.7 Å². The second-order valence-electron chi connectivity index (χ2n) is 7.66. The first-order valence-electron chi connectivity index (χ1n) is 11.0. The molecular formula is C27H31N3O2. The Morgan fingerprint density at radius 1 is 0.969 bits per heavy atom. The molecule has 0 fully saturated rings. The first-order valence-corrected chi connectivity index (χ1v) is 11.0. The van der Waals surface area contributed by atoms with Crippen molar-refractivity contribution in [2.24, 2.45) is 4.99 Å². The Morgan fingerprint density at radius 3 is 2.41 bits per heavy atom. The van der Waals surface area contributed by atoms with Crippen LogP contribution in [0.3, 0.4) is 0 Å². The minimum atomic E-state index is -0.194. The summed E-state index contributed by atoms with van der Waals surface area (Å²) in [6, 6.07) is 21.6. The number of carbonyl (C=O) groups excluding carboxylic acids is 1. The van der Waals surface area contributed by atoms with Crippen LogP contribution in [0.25, 0.3) is 0 Å². The van der Waals surface area contributed by atoms with Crippen LogP contribution in [-0.2, 0) is 4.79 Å². The van der Waals surface area contributed by atoms with Crippen LogP contribution < -0.4 is 15.0 Å². The molecule has 1 N–H and O–H groups in total. The number of anilines is 2. The lowest BCUT2D eigenvalue weighted by atomic mass is 10.1. The van der Waals surface area contributed by atoms with Crippen molar-refractivity contribution < 1.29 is 9.53 Å². The molecule has 0 spiro atoms. The Hall–Kier alpha value is -3.60. The van der Waals surface area contributed by atoms with E-state index in [0.29, 0.717) is 5.75 Å². The maximum absolute atomic E-state index is 12.2. The van der Waals surface area contributed by atoms with Gasteiger partial charge in [0, 0.05) is 30.7 Å². The third-order valence-corrected chi connectivity index (χ3v) is 5.36. The summed E-state index contributed by atoms with van der Waals surface area (Å²) in [7, 11) is 0. The van der Waals surface area contributed by atoms with Crippen LogP contribution in [0.1, 0.15) is 30.5 Å². The van der Waals surface area contributed by atoms with E-state index in [-0.39, 0.29) is 12.5 Å². The van der Waals surface area contributed by atoms with E-state index in [1.54, 1.807) is 6.21 Å². The summed E-state index contributed by atoms with van der Waals surface area (Å²) in [5, 5.41) is 2.87. The van der Waals surface area contributed by atoms with Gasteiger partial charge in [-0.1, -0.05) is 18.2 Å². The van der Waals surface area contributed by atoms with Crippen LogP contribution >= 0.6 is 0 Å². The van der Waals surface area contributed by atoms with Crippen molar-refractivity contribution >= 4 is 29.2 Å². The first-order chi connectivity index (χ1) is 15.5. The van der Waals surface area contributed by atoms with Gasteiger partial charge in [-0.15, -0.1) is 0 Å². The molecule has 166 valence electrons. The van der Waals surface area contributed by atoms with E-state index in [0.717, 1.165) is 35.6 Å². The summed E-state index contributed by atoms with van der Waals surface area (Å²) in [5.74, 6) is 0.432. The van der Waals surface area contributed by atoms with Crippen molar-refractivity contribution in [3.05, 3.63) is 83.4 Å². The lowest BCUT2D eigenvalue weighted by Crippen LogP contribution is -2.21. The summed E-state index contributed by atoms with van der Waals surface area (Å²) in [6.45, 7) is 10.3. The van der Waals surface area contributed by atoms with Crippen molar-refractivity contribution in [3.8, 4) is 5.75 Å². The molecule has 0 bridgehead atoms. The molecule has 0 atom stereocenters. The van der Waals surface area contributed by atoms with E-state index in [2.05, 4.69) is 41.2 Å². The van der Waals surface area contributed by atoms with Crippen molar-refractivity contribution in [2.45, 2.75) is 27.7 Å². The zero-order chi connectivity index (χ0) is 22.9. The lowest BCUT2D eigenvalue weighted by Gasteiger charge is -2.20. The normalized spacial score (nSPS) is 10.9. The summed E-state index contributed by atoms with van der Waals surface area (Å²) in [4.78, 5) is 19.1. The van der Waals surface area contributed by atoms with Crippen molar-refractivity contribution in [1.82, 2.24) is 0 Å². The van der Waals surface area contributed by atoms with Gasteiger partial charge in [0.25, 0.3) is 5.91 Å². The molecule has 0 saturated carbocycles. The van der Waals surface area contributed by atoms with Gasteiger partial charge in [-0.05, 0) is 92.9 Å². The highest BCUT2D eigenvalue weighted by molar-refractivity contribution is 5.92. The van der Waals surface area contributed by atoms with E-state index in [1.807, 2.05) is 68.4 Å². The van der Waals surface area contributed by atoms with Gasteiger partial charge in [-0.3, -0.25) is 9.79 Å². The molecule has 0 saturated heterocycles. The van der Waals surface area contributed by atoms with Crippen LogP contribution in [0.2, 0.25) is 0 Å². The molecule has 5 heteroatoms. The summed E-state index contributed by atoms with van der Waals surface area (Å²) in [6.07, 6.45) is 1.80. The Bertz CT molecular complexity index is 1070. The van der Waals surface area contributed by atoms with Gasteiger partial charge in [0.15, 0.2) is 6.61 Å². The predicted molar refractivity (Wildman–Crippen MR) is 134 cm³/mol. The minimum Gasteiger partial charge on any atom is -0.484 e. The number of amides is 1. The van der Waals surface area contributed by atoms with Gasteiger partial charge in [-0.25, -0.2) is 0 Å². The smallest absolute Gasteiger partial charge is 0.262 e. The molecule has 3 aromatic rings. The number of aliphatic imine (C=N–C) groups is 1. The van der Waals surface area contributed by atoms with E-state index in [4.69, 9.17) is 4.74 Å². The van der Waals surface area contributed by atoms with E-state index >= 15 is 0 Å². The van der Waals surface area contributed by atoms with Crippen LogP contribution in [0.5, 0.6) is 5.75 Å². The largest absolute Gasteiger partial charge is 0.484 e. The molecule has 3 rings (SSSR count). The molecule has 0 aliphatic carbocycles. The predicted octanol–water partition coefficient (Wildman–Crippen LogP) is 5.92. The number of rotatable bonds is 9. The van der Waals surface area contributed by atoms with E-state index < -0.39 is 0 Å². The zero-order valence-electron chi connectivity index (χ0n) is 19.3. The Kier molecular flexibility index (Phi) is 8.03. The second-order valence-corrected chi connectivity index (χ2v) is 7.66. The third-order valence-electron chi connectivity index (χ3n) is 5.36. The van der Waals surface area contributed by atoms with Crippen molar-refractivity contribution in [1.29, 1.82) is 0 Å². The maximum atomic E-state index is 12.2. The number of carbonyl (C=O) groups is 1. The number of hydrogen-bond acceptors (Lipinski definition) is 4. The topological polar surface area (TPSA) is 53.9 Å². The molecule has 0 aliphatic rings. The fourth-order valence-electron chi connectivity index (χ4n) is 3.34. The number of nitrogens with one attached hydrogen (secondary N) is 1. The van der Waals surface area contributed by atoms with Gasteiger partial charge in [-0.2, -0.15) is 0 Å². The van der Waals surface area contributed by atoms with E-state index in [9.17, 15) is 4.79 Å². The quantitative estimate of drug-likeness (QED) is 0.430. The number of benzene rings is 3. The van der Waals surface area contributed by atoms with Gasteiger partial charge >= 0.3 is 0 Å². The molecule has 0 unspecified atom stereocenters. The van der Waals surface area contributed by atoms with Crippen molar-refractivity contribution in [2.75, 3.05) is 29.9 Å². The zero-order valence-corrected chi connectivity index (χ0v) is 19.3. The fraction of sp³-hybridized carbons (Fsp3) is 0.259. The van der Waals surface area contributed by atoms with Gasteiger partial charge in [0.05, 0.1) is 5.69 Å². The van der Waals surface area contributed by atoms with Crippen LogP contribution in [0.4, 0.5) is 17.1 Å². The molecule has 32 heavy (non-hydrogen) atoms. The van der Waals surface area contributed by atoms with Crippen LogP contribution in [-0.4, -0.2) is 31.8 Å². The highest BCUT2D eigenvalue weighted by Crippen LogP contribution is 2.20. The van der Waals surface area contributed by atoms with Gasteiger partial charge in [0.1, 0.15) is 5.75 Å². The average molecular weight is 430 g/mol. The molecule has 0 radical (unpaired) electrons. The maximum Gasteiger partial charge on any atom is 0.262 e. The summed E-state index contributed by atoms with van der Waals surface area (Å²) in [5.41, 5.74) is 6.10. The van der Waals surface area contributed by atoms with Crippen LogP contribution in [0, 0.1) is 13.8 Å². The Morgan fingerprint density at radius 2 is 1.72 bits per heavy atom. The number of aryl methyl sites for hydroxylation is 2. The number of hydrogen-bond donors (Lipinski definition) is 1. The molecule has 1 amide bonds. The molecule has 3 aromatic carbocycles. The average Bonchev–Trinajstić information content (AvgIpc) is 2.81. The highest BCUT2D eigenvalue weighted by Gasteiger charge is 2.05. The molecule has 0 aliphatic heterocycles. The monoisotopic (exact) mass is 429 g/mol. The summed E-state index contributed by atoms with van der Waals surface area (Å²) < 4.78 is 5.67. The Balaban J connectivity index is 1.56. The van der Waals surface area contributed by atoms with Crippen molar-refractivity contribution in [3.63, 3.8) is 0 Å². The molecule has 5 nitrogen and oxygen atoms in total. The Labute approximate surface area is 190 Å². The standard InChI is InChI=1S/C27H31N3O2/c1-5-30(6-2)25-14-12-23(13-15-25)28-18-22-8-7-9-26(17-22)32-19-27(31)29-24-11-10-20(3)21(4)16-24/h7-18H,5-6,19H2,1-4H3,(H,29,31). The van der Waals surface area contributed by atoms with Gasteiger partial charge < -0.3 is 15.0 Å². The molecular weight excluding hydrogens is 398 g/mol. The van der Waals surface area contributed by atoms with E-state index in [1.165, 1.54) is 11.3 Å². The second kappa shape index (κ2) is 11.1. The molecule has 0 heterocycles. The fourth-order valence-corrected chi connectivity index (χ4v) is 3.34. The number of ether oxygens (including phenoxy) is 1. The lowest BCUT2D eigenvalue weighted by molar-refractivity contribution is -0.118. The first kappa shape index (κ1) is 23.1. The summed E-state index contributed by atoms with van der Waals surface area (Å²) >= 11 is 0.